The third-order valence-corrected chi connectivity index (χ3v) is 2.41. The summed E-state index contributed by atoms with van der Waals surface area (Å²) >= 11 is 0. The molecule has 3 rings (SSSR count). The SMILES string of the molecule is O=c1ccn(-c2cccc3n[nH]nc23)c(=O)[nH]1. The van der Waals surface area contributed by atoms with Gasteiger partial charge in [0.2, 0.25) is 0 Å². The van der Waals surface area contributed by atoms with Crippen LogP contribution in [-0.4, -0.2) is 25.0 Å². The second-order valence-corrected chi connectivity index (χ2v) is 3.45. The zero-order valence-electron chi connectivity index (χ0n) is 8.54. The Bertz CT molecular complexity index is 798. The molecule has 0 spiro atoms. The van der Waals surface area contributed by atoms with Crippen LogP contribution in [0, 0.1) is 0 Å². The number of hydrogen-bond acceptors (Lipinski definition) is 4. The van der Waals surface area contributed by atoms with Crippen LogP contribution in [0.5, 0.6) is 0 Å². The van der Waals surface area contributed by atoms with Crippen molar-refractivity contribution in [2.24, 2.45) is 0 Å². The first-order valence-electron chi connectivity index (χ1n) is 4.87. The summed E-state index contributed by atoms with van der Waals surface area (Å²) in [6.45, 7) is 0. The van der Waals surface area contributed by atoms with Crippen molar-refractivity contribution in [3.63, 3.8) is 0 Å². The number of para-hydroxylation sites is 1. The monoisotopic (exact) mass is 229 g/mol. The van der Waals surface area contributed by atoms with Crippen molar-refractivity contribution in [3.05, 3.63) is 51.3 Å². The van der Waals surface area contributed by atoms with Crippen LogP contribution in [0.2, 0.25) is 0 Å². The van der Waals surface area contributed by atoms with Crippen LogP contribution in [-0.2, 0) is 0 Å². The molecule has 0 radical (unpaired) electrons. The number of nitrogens with zero attached hydrogens (tertiary/aromatic N) is 3. The Morgan fingerprint density at radius 2 is 2.00 bits per heavy atom. The summed E-state index contributed by atoms with van der Waals surface area (Å²) in [4.78, 5) is 24.8. The quantitative estimate of drug-likeness (QED) is 0.603. The zero-order valence-corrected chi connectivity index (χ0v) is 8.54. The zero-order chi connectivity index (χ0) is 11.8. The minimum Gasteiger partial charge on any atom is -0.274 e. The van der Waals surface area contributed by atoms with Crippen LogP contribution < -0.4 is 11.2 Å². The minimum absolute atomic E-state index is 0.432. The first-order chi connectivity index (χ1) is 8.25. The molecule has 2 heterocycles. The lowest BCUT2D eigenvalue weighted by atomic mass is 10.2. The fourth-order valence-corrected chi connectivity index (χ4v) is 1.65. The van der Waals surface area contributed by atoms with Gasteiger partial charge in [0, 0.05) is 12.3 Å². The molecule has 0 aliphatic carbocycles. The molecule has 3 aromatic rings. The maximum absolute atomic E-state index is 11.7. The molecule has 0 saturated heterocycles. The topological polar surface area (TPSA) is 96.4 Å². The van der Waals surface area contributed by atoms with Crippen molar-refractivity contribution >= 4 is 11.0 Å². The van der Waals surface area contributed by atoms with Gasteiger partial charge in [-0.15, -0.1) is 0 Å². The van der Waals surface area contributed by atoms with E-state index < -0.39 is 11.2 Å². The van der Waals surface area contributed by atoms with Crippen molar-refractivity contribution in [3.8, 4) is 5.69 Å². The molecule has 2 aromatic heterocycles. The Kier molecular flexibility index (Phi) is 1.91. The molecule has 2 N–H and O–H groups in total. The largest absolute Gasteiger partial charge is 0.332 e. The van der Waals surface area contributed by atoms with Gasteiger partial charge >= 0.3 is 5.69 Å². The molecule has 84 valence electrons. The number of nitrogens with one attached hydrogen (secondary N) is 2. The van der Waals surface area contributed by atoms with E-state index in [1.807, 2.05) is 0 Å². The molecule has 7 nitrogen and oxygen atoms in total. The molecule has 17 heavy (non-hydrogen) atoms. The van der Waals surface area contributed by atoms with Crippen molar-refractivity contribution in [2.75, 3.05) is 0 Å². The van der Waals surface area contributed by atoms with E-state index in [2.05, 4.69) is 20.4 Å². The van der Waals surface area contributed by atoms with Crippen molar-refractivity contribution in [1.82, 2.24) is 25.0 Å². The first kappa shape index (κ1) is 9.52. The van der Waals surface area contributed by atoms with Crippen LogP contribution in [0.3, 0.4) is 0 Å². The van der Waals surface area contributed by atoms with Gasteiger partial charge < -0.3 is 0 Å². The van der Waals surface area contributed by atoms with E-state index in [9.17, 15) is 9.59 Å². The Hall–Kier alpha value is -2.70. The van der Waals surface area contributed by atoms with Gasteiger partial charge in [-0.1, -0.05) is 6.07 Å². The van der Waals surface area contributed by atoms with Crippen LogP contribution in [0.15, 0.2) is 40.1 Å². The molecule has 0 aliphatic rings. The van der Waals surface area contributed by atoms with Gasteiger partial charge in [-0.2, -0.15) is 15.4 Å². The Morgan fingerprint density at radius 3 is 2.82 bits per heavy atom. The lowest BCUT2D eigenvalue weighted by Crippen LogP contribution is -2.27. The number of rotatable bonds is 1. The minimum atomic E-state index is -0.506. The van der Waals surface area contributed by atoms with E-state index in [4.69, 9.17) is 0 Å². The number of fused-ring (bicyclic) bond motifs is 1. The van der Waals surface area contributed by atoms with Gasteiger partial charge in [0.05, 0.1) is 5.69 Å². The van der Waals surface area contributed by atoms with Gasteiger partial charge in [0.1, 0.15) is 11.0 Å². The smallest absolute Gasteiger partial charge is 0.274 e. The van der Waals surface area contributed by atoms with Crippen LogP contribution in [0.4, 0.5) is 0 Å². The van der Waals surface area contributed by atoms with Crippen LogP contribution >= 0.6 is 0 Å². The summed E-state index contributed by atoms with van der Waals surface area (Å²) in [7, 11) is 0. The average molecular weight is 229 g/mol. The molecule has 0 aliphatic heterocycles. The lowest BCUT2D eigenvalue weighted by Gasteiger charge is -2.03. The summed E-state index contributed by atoms with van der Waals surface area (Å²) < 4.78 is 1.31. The van der Waals surface area contributed by atoms with Gasteiger partial charge in [-0.25, -0.2) is 4.79 Å². The molecule has 0 atom stereocenters. The van der Waals surface area contributed by atoms with Gasteiger partial charge in [0.15, 0.2) is 0 Å². The first-order valence-corrected chi connectivity index (χ1v) is 4.87. The van der Waals surface area contributed by atoms with E-state index in [-0.39, 0.29) is 0 Å². The maximum atomic E-state index is 11.7. The number of aromatic amines is 2. The Morgan fingerprint density at radius 1 is 1.12 bits per heavy atom. The molecule has 0 saturated carbocycles. The van der Waals surface area contributed by atoms with E-state index in [0.29, 0.717) is 16.7 Å². The van der Waals surface area contributed by atoms with Gasteiger partial charge in [-0.3, -0.25) is 14.3 Å². The summed E-state index contributed by atoms with van der Waals surface area (Å²) in [5, 5.41) is 10.4. The number of hydrogen-bond donors (Lipinski definition) is 2. The van der Waals surface area contributed by atoms with E-state index in [1.165, 1.54) is 16.8 Å². The highest BCUT2D eigenvalue weighted by atomic mass is 16.2. The van der Waals surface area contributed by atoms with E-state index in [0.717, 1.165) is 0 Å². The maximum Gasteiger partial charge on any atom is 0.332 e. The number of aromatic nitrogens is 5. The fourth-order valence-electron chi connectivity index (χ4n) is 1.65. The highest BCUT2D eigenvalue weighted by Crippen LogP contribution is 2.15. The predicted octanol–water partition coefficient (Wildman–Crippen LogP) is -0.203. The lowest BCUT2D eigenvalue weighted by molar-refractivity contribution is 0.896. The van der Waals surface area contributed by atoms with Crippen molar-refractivity contribution in [2.45, 2.75) is 0 Å². The van der Waals surface area contributed by atoms with E-state index >= 15 is 0 Å². The van der Waals surface area contributed by atoms with Gasteiger partial charge in [-0.05, 0) is 12.1 Å². The van der Waals surface area contributed by atoms with Crippen LogP contribution in [0.25, 0.3) is 16.7 Å². The van der Waals surface area contributed by atoms with E-state index in [1.54, 1.807) is 18.2 Å². The summed E-state index contributed by atoms with van der Waals surface area (Å²) in [5.74, 6) is 0. The molecule has 0 bridgehead atoms. The molecular weight excluding hydrogens is 222 g/mol. The number of H-pyrrole nitrogens is 2. The molecule has 0 fully saturated rings. The molecule has 0 amide bonds. The Balaban J connectivity index is 2.38. The Labute approximate surface area is 93.7 Å². The molecule has 7 heteroatoms. The predicted molar refractivity (Wildman–Crippen MR) is 60.1 cm³/mol. The number of benzene rings is 1. The fraction of sp³-hybridized carbons (Fsp3) is 0. The summed E-state index contributed by atoms with van der Waals surface area (Å²) in [6.07, 6.45) is 1.41. The molecule has 1 aromatic carbocycles. The third-order valence-electron chi connectivity index (χ3n) is 2.41. The second-order valence-electron chi connectivity index (χ2n) is 3.45. The molecular formula is C10H7N5O2. The van der Waals surface area contributed by atoms with Crippen molar-refractivity contribution in [1.29, 1.82) is 0 Å². The van der Waals surface area contributed by atoms with Crippen molar-refractivity contribution < 1.29 is 0 Å². The standard InChI is InChI=1S/C10H7N5O2/c16-8-4-5-15(10(17)11-8)7-3-1-2-6-9(7)13-14-12-6/h1-5H,(H,11,16,17)(H,12,13,14). The summed E-state index contributed by atoms with van der Waals surface area (Å²) in [5.41, 5.74) is 0.853. The third kappa shape index (κ3) is 1.44. The average Bonchev–Trinajstić information content (AvgIpc) is 2.77. The highest BCUT2D eigenvalue weighted by molar-refractivity contribution is 5.82. The summed E-state index contributed by atoms with van der Waals surface area (Å²) in [6, 6.07) is 6.54. The normalized spacial score (nSPS) is 10.8. The van der Waals surface area contributed by atoms with Crippen LogP contribution in [0.1, 0.15) is 0 Å². The highest BCUT2D eigenvalue weighted by Gasteiger charge is 2.07. The molecule has 0 unspecified atom stereocenters. The van der Waals surface area contributed by atoms with Gasteiger partial charge in [0.25, 0.3) is 5.56 Å². The second kappa shape index (κ2) is 3.41.